The molecule has 1 aliphatic carbocycles. The fraction of sp³-hybridized carbons (Fsp3) is 0.571. The van der Waals surface area contributed by atoms with Crippen LogP contribution >= 0.6 is 0 Å². The van der Waals surface area contributed by atoms with E-state index in [1.807, 2.05) is 39.0 Å². The Bertz CT molecular complexity index is 666. The molecule has 6 heteroatoms. The lowest BCUT2D eigenvalue weighted by Crippen LogP contribution is -2.49. The van der Waals surface area contributed by atoms with Gasteiger partial charge < -0.3 is 15.5 Å². The van der Waals surface area contributed by atoms with Gasteiger partial charge in [0.15, 0.2) is 0 Å². The molecular weight excluding hydrogens is 342 g/mol. The van der Waals surface area contributed by atoms with Crippen LogP contribution in [0.25, 0.3) is 0 Å². The standard InChI is InChI=1S/C21H31N3O3/c1-15(2)21(27)24(18-10-5-4-6-11-18)14-20(26)22-13-19(25)23-17-9-7-8-16(3)12-17/h7-9,12,15,18H,4-6,10-11,13-14H2,1-3H3,(H,22,26)(H,23,25). The molecule has 3 amide bonds. The highest BCUT2D eigenvalue weighted by atomic mass is 16.2. The largest absolute Gasteiger partial charge is 0.345 e. The maximum Gasteiger partial charge on any atom is 0.243 e. The number of carbonyl (C=O) groups is 3. The molecule has 0 bridgehead atoms. The van der Waals surface area contributed by atoms with Gasteiger partial charge in [0.1, 0.15) is 0 Å². The summed E-state index contributed by atoms with van der Waals surface area (Å²) in [5.41, 5.74) is 1.75. The van der Waals surface area contributed by atoms with E-state index < -0.39 is 0 Å². The first-order valence-corrected chi connectivity index (χ1v) is 9.80. The summed E-state index contributed by atoms with van der Waals surface area (Å²) in [6, 6.07) is 7.61. The lowest BCUT2D eigenvalue weighted by atomic mass is 9.93. The van der Waals surface area contributed by atoms with Crippen molar-refractivity contribution in [2.24, 2.45) is 5.92 Å². The molecule has 6 nitrogen and oxygen atoms in total. The summed E-state index contributed by atoms with van der Waals surface area (Å²) in [4.78, 5) is 38.7. The Hall–Kier alpha value is -2.37. The van der Waals surface area contributed by atoms with Crippen LogP contribution in [0.1, 0.15) is 51.5 Å². The van der Waals surface area contributed by atoms with Crippen molar-refractivity contribution in [2.75, 3.05) is 18.4 Å². The second-order valence-corrected chi connectivity index (χ2v) is 7.61. The molecule has 2 rings (SSSR count). The third-order valence-corrected chi connectivity index (χ3v) is 4.85. The monoisotopic (exact) mass is 373 g/mol. The molecule has 0 saturated heterocycles. The molecule has 148 valence electrons. The molecule has 0 spiro atoms. The molecule has 2 N–H and O–H groups in total. The average Bonchev–Trinajstić information content (AvgIpc) is 2.64. The van der Waals surface area contributed by atoms with Crippen molar-refractivity contribution in [2.45, 2.75) is 58.9 Å². The van der Waals surface area contributed by atoms with Gasteiger partial charge in [0.25, 0.3) is 0 Å². The molecule has 0 atom stereocenters. The summed E-state index contributed by atoms with van der Waals surface area (Å²) >= 11 is 0. The maximum atomic E-state index is 12.6. The summed E-state index contributed by atoms with van der Waals surface area (Å²) in [6.07, 6.45) is 5.25. The zero-order chi connectivity index (χ0) is 19.8. The molecule has 1 aromatic rings. The highest BCUT2D eigenvalue weighted by Crippen LogP contribution is 2.23. The van der Waals surface area contributed by atoms with Gasteiger partial charge in [-0.25, -0.2) is 0 Å². The van der Waals surface area contributed by atoms with Crippen molar-refractivity contribution in [3.8, 4) is 0 Å². The molecule has 1 aliphatic rings. The van der Waals surface area contributed by atoms with Crippen molar-refractivity contribution in [1.82, 2.24) is 10.2 Å². The van der Waals surface area contributed by atoms with Gasteiger partial charge in [-0.3, -0.25) is 14.4 Å². The molecule has 1 fully saturated rings. The second kappa shape index (κ2) is 10.1. The first-order chi connectivity index (χ1) is 12.9. The minimum atomic E-state index is -0.297. The molecule has 0 aliphatic heterocycles. The Balaban J connectivity index is 1.87. The fourth-order valence-corrected chi connectivity index (χ4v) is 3.43. The molecule has 1 aromatic carbocycles. The summed E-state index contributed by atoms with van der Waals surface area (Å²) in [5, 5.41) is 5.40. The van der Waals surface area contributed by atoms with E-state index in [-0.39, 0.29) is 42.8 Å². The van der Waals surface area contributed by atoms with E-state index in [0.29, 0.717) is 5.69 Å². The van der Waals surface area contributed by atoms with Crippen LogP contribution in [-0.2, 0) is 14.4 Å². The predicted octanol–water partition coefficient (Wildman–Crippen LogP) is 2.87. The summed E-state index contributed by atoms with van der Waals surface area (Å²) in [6.45, 7) is 5.56. The quantitative estimate of drug-likeness (QED) is 0.771. The van der Waals surface area contributed by atoms with E-state index in [2.05, 4.69) is 10.6 Å². The number of carbonyl (C=O) groups excluding carboxylic acids is 3. The summed E-state index contributed by atoms with van der Waals surface area (Å²) in [5.74, 6) is -0.729. The van der Waals surface area contributed by atoms with Gasteiger partial charge in [-0.15, -0.1) is 0 Å². The van der Waals surface area contributed by atoms with Crippen LogP contribution in [0.4, 0.5) is 5.69 Å². The van der Waals surface area contributed by atoms with E-state index in [1.54, 1.807) is 11.0 Å². The van der Waals surface area contributed by atoms with Gasteiger partial charge in [0.05, 0.1) is 13.1 Å². The molecule has 0 radical (unpaired) electrons. The Morgan fingerprint density at radius 2 is 1.81 bits per heavy atom. The van der Waals surface area contributed by atoms with Crippen molar-refractivity contribution in [3.63, 3.8) is 0 Å². The van der Waals surface area contributed by atoms with Crippen LogP contribution in [0.15, 0.2) is 24.3 Å². The molecular formula is C21H31N3O3. The minimum Gasteiger partial charge on any atom is -0.345 e. The Kier molecular flexibility index (Phi) is 7.82. The number of nitrogens with one attached hydrogen (secondary N) is 2. The van der Waals surface area contributed by atoms with Gasteiger partial charge in [-0.1, -0.05) is 45.2 Å². The number of benzene rings is 1. The zero-order valence-corrected chi connectivity index (χ0v) is 16.6. The summed E-state index contributed by atoms with van der Waals surface area (Å²) < 4.78 is 0. The van der Waals surface area contributed by atoms with Crippen LogP contribution in [0, 0.1) is 12.8 Å². The van der Waals surface area contributed by atoms with E-state index >= 15 is 0 Å². The van der Waals surface area contributed by atoms with Crippen molar-refractivity contribution in [1.29, 1.82) is 0 Å². The van der Waals surface area contributed by atoms with Gasteiger partial charge in [0.2, 0.25) is 17.7 Å². The number of anilines is 1. The van der Waals surface area contributed by atoms with E-state index in [0.717, 1.165) is 31.2 Å². The van der Waals surface area contributed by atoms with Crippen molar-refractivity contribution >= 4 is 23.4 Å². The number of hydrogen-bond donors (Lipinski definition) is 2. The van der Waals surface area contributed by atoms with Gasteiger partial charge in [0, 0.05) is 17.6 Å². The van der Waals surface area contributed by atoms with E-state index in [1.165, 1.54) is 6.42 Å². The third-order valence-electron chi connectivity index (χ3n) is 4.85. The number of rotatable bonds is 7. The highest BCUT2D eigenvalue weighted by molar-refractivity contribution is 5.95. The number of aryl methyl sites for hydroxylation is 1. The van der Waals surface area contributed by atoms with Crippen LogP contribution in [0.3, 0.4) is 0 Å². The highest BCUT2D eigenvalue weighted by Gasteiger charge is 2.28. The lowest BCUT2D eigenvalue weighted by molar-refractivity contribution is -0.141. The van der Waals surface area contributed by atoms with Crippen LogP contribution in [0.2, 0.25) is 0 Å². The van der Waals surface area contributed by atoms with Gasteiger partial charge in [-0.2, -0.15) is 0 Å². The number of amides is 3. The van der Waals surface area contributed by atoms with E-state index in [4.69, 9.17) is 0 Å². The first-order valence-electron chi connectivity index (χ1n) is 9.80. The fourth-order valence-electron chi connectivity index (χ4n) is 3.43. The third kappa shape index (κ3) is 6.70. The van der Waals surface area contributed by atoms with Gasteiger partial charge >= 0.3 is 0 Å². The van der Waals surface area contributed by atoms with Crippen LogP contribution in [-0.4, -0.2) is 41.8 Å². The maximum absolute atomic E-state index is 12.6. The van der Waals surface area contributed by atoms with E-state index in [9.17, 15) is 14.4 Å². The van der Waals surface area contributed by atoms with Gasteiger partial charge in [-0.05, 0) is 37.5 Å². The molecule has 0 heterocycles. The molecule has 0 aromatic heterocycles. The zero-order valence-electron chi connectivity index (χ0n) is 16.6. The predicted molar refractivity (Wildman–Crippen MR) is 106 cm³/mol. The Labute approximate surface area is 161 Å². The van der Waals surface area contributed by atoms with Crippen molar-refractivity contribution < 1.29 is 14.4 Å². The Morgan fingerprint density at radius 1 is 1.11 bits per heavy atom. The normalized spacial score (nSPS) is 14.7. The molecule has 0 unspecified atom stereocenters. The smallest absolute Gasteiger partial charge is 0.243 e. The SMILES string of the molecule is Cc1cccc(NC(=O)CNC(=O)CN(C(=O)C(C)C)C2CCCCC2)c1. The topological polar surface area (TPSA) is 78.5 Å². The average molecular weight is 373 g/mol. The number of hydrogen-bond acceptors (Lipinski definition) is 3. The Morgan fingerprint density at radius 3 is 2.44 bits per heavy atom. The summed E-state index contributed by atoms with van der Waals surface area (Å²) in [7, 11) is 0. The minimum absolute atomic E-state index is 0.00117. The lowest BCUT2D eigenvalue weighted by Gasteiger charge is -2.35. The second-order valence-electron chi connectivity index (χ2n) is 7.61. The number of nitrogens with zero attached hydrogens (tertiary/aromatic N) is 1. The first kappa shape index (κ1) is 20.9. The van der Waals surface area contributed by atoms with Crippen LogP contribution in [0.5, 0.6) is 0 Å². The van der Waals surface area contributed by atoms with Crippen LogP contribution < -0.4 is 10.6 Å². The molecule has 1 saturated carbocycles. The van der Waals surface area contributed by atoms with Crippen molar-refractivity contribution in [3.05, 3.63) is 29.8 Å². The molecule has 27 heavy (non-hydrogen) atoms.